The molecule has 0 aliphatic heterocycles. The third kappa shape index (κ3) is 1.42. The Labute approximate surface area is 70.8 Å². The third-order valence-corrected chi connectivity index (χ3v) is 4.49. The van der Waals surface area contributed by atoms with Gasteiger partial charge in [-0.15, -0.1) is 0 Å². The Hall–Kier alpha value is -0.0831. The number of rotatable bonds is 3. The van der Waals surface area contributed by atoms with E-state index in [4.69, 9.17) is 4.43 Å². The zero-order valence-corrected chi connectivity index (χ0v) is 8.54. The Bertz CT molecular complexity index is 167. The van der Waals surface area contributed by atoms with E-state index >= 15 is 0 Å². The van der Waals surface area contributed by atoms with Crippen molar-refractivity contribution in [3.63, 3.8) is 0 Å². The molecule has 1 fully saturated rings. The van der Waals surface area contributed by atoms with Crippen LogP contribution in [0.15, 0.2) is 12.2 Å². The normalized spacial score (nSPS) is 41.4. The van der Waals surface area contributed by atoms with E-state index in [2.05, 4.69) is 12.2 Å². The summed E-state index contributed by atoms with van der Waals surface area (Å²) in [5.74, 6) is 2.87. The molecule has 2 aliphatic carbocycles. The van der Waals surface area contributed by atoms with E-state index in [0.29, 0.717) is 0 Å². The lowest BCUT2D eigenvalue weighted by molar-refractivity contribution is 0.413. The molecule has 0 radical (unpaired) electrons. The lowest BCUT2D eigenvalue weighted by atomic mass is 9.96. The molecule has 0 saturated heterocycles. The highest BCUT2D eigenvalue weighted by molar-refractivity contribution is 6.27. The van der Waals surface area contributed by atoms with Crippen molar-refractivity contribution in [1.82, 2.24) is 0 Å². The number of fused-ring (bicyclic) bond motifs is 2. The van der Waals surface area contributed by atoms with Crippen LogP contribution < -0.4 is 0 Å². The van der Waals surface area contributed by atoms with Crippen molar-refractivity contribution in [3.05, 3.63) is 12.2 Å². The molecule has 0 aromatic rings. The van der Waals surface area contributed by atoms with Gasteiger partial charge in [0.1, 0.15) is 0 Å². The van der Waals surface area contributed by atoms with Gasteiger partial charge in [0.25, 0.3) is 0 Å². The molecule has 0 spiro atoms. The van der Waals surface area contributed by atoms with Crippen molar-refractivity contribution in [2.24, 2.45) is 17.8 Å². The molecule has 11 heavy (non-hydrogen) atoms. The number of allylic oxidation sites excluding steroid dienone is 2. The van der Waals surface area contributed by atoms with Crippen molar-refractivity contribution < 1.29 is 4.43 Å². The van der Waals surface area contributed by atoms with E-state index in [1.807, 2.05) is 7.11 Å². The van der Waals surface area contributed by atoms with Crippen LogP contribution in [-0.4, -0.2) is 16.9 Å². The maximum absolute atomic E-state index is 5.23. The molecule has 2 bridgehead atoms. The van der Waals surface area contributed by atoms with Gasteiger partial charge in [-0.3, -0.25) is 0 Å². The molecule has 0 aromatic heterocycles. The van der Waals surface area contributed by atoms with E-state index in [-0.39, 0.29) is 9.76 Å². The van der Waals surface area contributed by atoms with Gasteiger partial charge in [-0.1, -0.05) is 12.2 Å². The fraction of sp³-hybridized carbons (Fsp3) is 0.778. The first-order valence-electron chi connectivity index (χ1n) is 4.57. The van der Waals surface area contributed by atoms with Gasteiger partial charge in [0.05, 0.1) is 0 Å². The summed E-state index contributed by atoms with van der Waals surface area (Å²) in [5.41, 5.74) is 0. The van der Waals surface area contributed by atoms with Crippen LogP contribution in [0.3, 0.4) is 0 Å². The molecule has 62 valence electrons. The number of hydrogen-bond donors (Lipinski definition) is 0. The molecular formula is C9H16OSi. The predicted octanol–water partition coefficient (Wildman–Crippen LogP) is 1.35. The molecule has 3 atom stereocenters. The fourth-order valence-corrected chi connectivity index (χ4v) is 3.70. The summed E-state index contributed by atoms with van der Waals surface area (Å²) >= 11 is 0. The van der Waals surface area contributed by atoms with Crippen LogP contribution in [0.25, 0.3) is 0 Å². The quantitative estimate of drug-likeness (QED) is 0.456. The highest BCUT2D eigenvalue weighted by Gasteiger charge is 2.34. The molecule has 2 aliphatic rings. The van der Waals surface area contributed by atoms with Crippen LogP contribution in [0, 0.1) is 17.8 Å². The average molecular weight is 168 g/mol. The van der Waals surface area contributed by atoms with Crippen molar-refractivity contribution in [3.8, 4) is 0 Å². The SMILES string of the molecule is CO[SiH2]CC1CC2C=CC1C2. The van der Waals surface area contributed by atoms with Crippen LogP contribution in [0.5, 0.6) is 0 Å². The Morgan fingerprint density at radius 3 is 2.91 bits per heavy atom. The fourth-order valence-electron chi connectivity index (χ4n) is 2.50. The molecule has 0 N–H and O–H groups in total. The van der Waals surface area contributed by atoms with Gasteiger partial charge >= 0.3 is 0 Å². The first kappa shape index (κ1) is 7.56. The van der Waals surface area contributed by atoms with E-state index in [1.54, 1.807) is 0 Å². The van der Waals surface area contributed by atoms with Crippen LogP contribution in [0.1, 0.15) is 12.8 Å². The van der Waals surface area contributed by atoms with Gasteiger partial charge in [0.2, 0.25) is 0 Å². The Morgan fingerprint density at radius 1 is 1.45 bits per heavy atom. The predicted molar refractivity (Wildman–Crippen MR) is 49.2 cm³/mol. The van der Waals surface area contributed by atoms with Crippen molar-refractivity contribution >= 4 is 9.76 Å². The average Bonchev–Trinajstić information content (AvgIpc) is 2.60. The van der Waals surface area contributed by atoms with E-state index in [0.717, 1.165) is 17.8 Å². The Balaban J connectivity index is 1.84. The summed E-state index contributed by atoms with van der Waals surface area (Å²) in [6, 6.07) is 1.40. The van der Waals surface area contributed by atoms with Crippen LogP contribution in [-0.2, 0) is 4.43 Å². The minimum absolute atomic E-state index is 0.162. The van der Waals surface area contributed by atoms with Crippen LogP contribution >= 0.6 is 0 Å². The van der Waals surface area contributed by atoms with Crippen molar-refractivity contribution in [1.29, 1.82) is 0 Å². The maximum Gasteiger partial charge on any atom is 0.161 e. The zero-order valence-electron chi connectivity index (χ0n) is 7.12. The molecule has 0 aromatic carbocycles. The summed E-state index contributed by atoms with van der Waals surface area (Å²) in [5, 5.41) is 0. The highest BCUT2D eigenvalue weighted by Crippen LogP contribution is 2.44. The lowest BCUT2D eigenvalue weighted by Crippen LogP contribution is -2.10. The third-order valence-electron chi connectivity index (χ3n) is 3.11. The molecule has 1 nitrogen and oxygen atoms in total. The van der Waals surface area contributed by atoms with Crippen molar-refractivity contribution in [2.45, 2.75) is 18.9 Å². The van der Waals surface area contributed by atoms with Gasteiger partial charge < -0.3 is 4.43 Å². The standard InChI is InChI=1S/C9H16OSi/c1-10-11-6-9-5-7-2-3-8(9)4-7/h2-3,7-9H,4-6,11H2,1H3. The minimum Gasteiger partial charge on any atom is -0.427 e. The second kappa shape index (κ2) is 3.11. The molecular weight excluding hydrogens is 152 g/mol. The number of hydrogen-bond acceptors (Lipinski definition) is 1. The van der Waals surface area contributed by atoms with E-state index in [9.17, 15) is 0 Å². The van der Waals surface area contributed by atoms with Crippen molar-refractivity contribution in [2.75, 3.05) is 7.11 Å². The topological polar surface area (TPSA) is 9.23 Å². The summed E-state index contributed by atoms with van der Waals surface area (Å²) < 4.78 is 5.23. The molecule has 0 amide bonds. The lowest BCUT2D eigenvalue weighted by Gasteiger charge is -2.16. The summed E-state index contributed by atoms with van der Waals surface area (Å²) in [4.78, 5) is 0. The second-order valence-corrected chi connectivity index (χ2v) is 5.38. The van der Waals surface area contributed by atoms with Gasteiger partial charge in [-0.05, 0) is 36.6 Å². The van der Waals surface area contributed by atoms with Gasteiger partial charge in [0, 0.05) is 7.11 Å². The zero-order chi connectivity index (χ0) is 7.68. The van der Waals surface area contributed by atoms with E-state index in [1.165, 1.54) is 18.9 Å². The first-order chi connectivity index (χ1) is 5.40. The Morgan fingerprint density at radius 2 is 2.36 bits per heavy atom. The maximum atomic E-state index is 5.23. The first-order valence-corrected chi connectivity index (χ1v) is 6.15. The second-order valence-electron chi connectivity index (χ2n) is 3.82. The molecule has 1 saturated carbocycles. The summed E-state index contributed by atoms with van der Waals surface area (Å²) in [7, 11) is 1.69. The van der Waals surface area contributed by atoms with Gasteiger partial charge in [0.15, 0.2) is 9.76 Å². The summed E-state index contributed by atoms with van der Waals surface area (Å²) in [6.45, 7) is 0. The minimum atomic E-state index is -0.162. The van der Waals surface area contributed by atoms with Crippen LogP contribution in [0.4, 0.5) is 0 Å². The highest BCUT2D eigenvalue weighted by atomic mass is 28.2. The monoisotopic (exact) mass is 168 g/mol. The summed E-state index contributed by atoms with van der Waals surface area (Å²) in [6.07, 6.45) is 7.75. The molecule has 0 heterocycles. The molecule has 2 rings (SSSR count). The molecule has 2 heteroatoms. The van der Waals surface area contributed by atoms with Crippen LogP contribution in [0.2, 0.25) is 6.04 Å². The smallest absolute Gasteiger partial charge is 0.161 e. The van der Waals surface area contributed by atoms with Gasteiger partial charge in [-0.25, -0.2) is 0 Å². The molecule has 3 unspecified atom stereocenters. The van der Waals surface area contributed by atoms with E-state index < -0.39 is 0 Å². The van der Waals surface area contributed by atoms with Gasteiger partial charge in [-0.2, -0.15) is 0 Å². The Kier molecular flexibility index (Phi) is 2.14. The largest absolute Gasteiger partial charge is 0.427 e.